The summed E-state index contributed by atoms with van der Waals surface area (Å²) in [6.45, 7) is 0. The van der Waals surface area contributed by atoms with E-state index in [1.807, 2.05) is 18.2 Å². The van der Waals surface area contributed by atoms with Gasteiger partial charge in [-0.2, -0.15) is 0 Å². The van der Waals surface area contributed by atoms with E-state index in [0.717, 1.165) is 80.0 Å². The topological polar surface area (TPSA) is 89.9 Å². The number of nitrogens with one attached hydrogen (secondary N) is 1. The molecule has 210 valence electrons. The predicted octanol–water partition coefficient (Wildman–Crippen LogP) is 8.61. The molecule has 1 aliphatic carbocycles. The highest BCUT2D eigenvalue weighted by Crippen LogP contribution is 2.43. The highest BCUT2D eigenvalue weighted by Gasteiger charge is 2.27. The van der Waals surface area contributed by atoms with Crippen LogP contribution in [0.15, 0.2) is 78.0 Å². The first-order valence-corrected chi connectivity index (χ1v) is 15.9. The lowest BCUT2D eigenvalue weighted by molar-refractivity contribution is -0.142. The van der Waals surface area contributed by atoms with Crippen LogP contribution >= 0.6 is 22.7 Å². The average molecular weight is 592 g/mol. The van der Waals surface area contributed by atoms with Gasteiger partial charge in [0.05, 0.1) is 33.2 Å². The molecule has 0 unspecified atom stereocenters. The third-order valence-corrected chi connectivity index (χ3v) is 10.2. The molecule has 0 amide bonds. The molecular weight excluding hydrogens is 563 g/mol. The SMILES string of the molecule is COC(=O)CC1CCC(c2csc3c(-c4ccc(Nc5ncnc6c(-c7ccccc7)csc56)cc4)ncnc23)CC1. The van der Waals surface area contributed by atoms with Crippen LogP contribution in [0.1, 0.15) is 43.6 Å². The van der Waals surface area contributed by atoms with Crippen LogP contribution in [-0.2, 0) is 9.53 Å². The van der Waals surface area contributed by atoms with Crippen molar-refractivity contribution in [1.82, 2.24) is 19.9 Å². The summed E-state index contributed by atoms with van der Waals surface area (Å²) in [7, 11) is 1.47. The maximum atomic E-state index is 11.7. The molecule has 7 rings (SSSR count). The number of hydrogen-bond donors (Lipinski definition) is 1. The van der Waals surface area contributed by atoms with Gasteiger partial charge < -0.3 is 10.1 Å². The molecule has 1 aliphatic rings. The predicted molar refractivity (Wildman–Crippen MR) is 170 cm³/mol. The molecule has 1 N–H and O–H groups in total. The number of ether oxygens (including phenoxy) is 1. The van der Waals surface area contributed by atoms with Crippen LogP contribution in [0, 0.1) is 5.92 Å². The molecule has 0 atom stereocenters. The highest BCUT2D eigenvalue weighted by atomic mass is 32.1. The molecular formula is C33H29N5O2S2. The van der Waals surface area contributed by atoms with Crippen LogP contribution in [0.25, 0.3) is 42.8 Å². The zero-order valence-electron chi connectivity index (χ0n) is 23.1. The van der Waals surface area contributed by atoms with Crippen LogP contribution in [0.2, 0.25) is 0 Å². The van der Waals surface area contributed by atoms with Gasteiger partial charge in [0.1, 0.15) is 12.7 Å². The number of carbonyl (C=O) groups is 1. The van der Waals surface area contributed by atoms with Gasteiger partial charge in [0.2, 0.25) is 0 Å². The lowest BCUT2D eigenvalue weighted by atomic mass is 9.78. The van der Waals surface area contributed by atoms with Crippen molar-refractivity contribution in [3.8, 4) is 22.4 Å². The Hall–Kier alpha value is -4.21. The van der Waals surface area contributed by atoms with Gasteiger partial charge in [-0.3, -0.25) is 4.79 Å². The first-order chi connectivity index (χ1) is 20.7. The zero-order valence-corrected chi connectivity index (χ0v) is 24.8. The Kier molecular flexibility index (Phi) is 7.36. The Balaban J connectivity index is 1.10. The van der Waals surface area contributed by atoms with Crippen LogP contribution in [0.5, 0.6) is 0 Å². The van der Waals surface area contributed by atoms with Crippen molar-refractivity contribution in [2.45, 2.75) is 38.0 Å². The van der Waals surface area contributed by atoms with Crippen molar-refractivity contribution in [2.24, 2.45) is 5.92 Å². The van der Waals surface area contributed by atoms with E-state index in [2.05, 4.69) is 67.4 Å². The Labute approximate surface area is 251 Å². The normalized spacial score (nSPS) is 17.0. The fourth-order valence-electron chi connectivity index (χ4n) is 5.97. The van der Waals surface area contributed by atoms with E-state index in [4.69, 9.17) is 9.72 Å². The van der Waals surface area contributed by atoms with Gasteiger partial charge in [-0.15, -0.1) is 22.7 Å². The third kappa shape index (κ3) is 5.14. The summed E-state index contributed by atoms with van der Waals surface area (Å²) in [5, 5.41) is 7.90. The van der Waals surface area contributed by atoms with Crippen molar-refractivity contribution >= 4 is 60.6 Å². The quantitative estimate of drug-likeness (QED) is 0.186. The van der Waals surface area contributed by atoms with Gasteiger partial charge in [-0.05, 0) is 66.2 Å². The molecule has 42 heavy (non-hydrogen) atoms. The number of hydrogen-bond acceptors (Lipinski definition) is 9. The summed E-state index contributed by atoms with van der Waals surface area (Å²) in [4.78, 5) is 30.2. The molecule has 4 aromatic heterocycles. The first-order valence-electron chi connectivity index (χ1n) is 14.1. The Morgan fingerprint density at radius 1 is 0.833 bits per heavy atom. The molecule has 0 aliphatic heterocycles. The van der Waals surface area contributed by atoms with Gasteiger partial charge in [-0.25, -0.2) is 19.9 Å². The minimum absolute atomic E-state index is 0.105. The smallest absolute Gasteiger partial charge is 0.305 e. The Morgan fingerprint density at radius 3 is 2.36 bits per heavy atom. The number of anilines is 2. The summed E-state index contributed by atoms with van der Waals surface area (Å²) >= 11 is 3.37. The fraction of sp³-hybridized carbons (Fsp3) is 0.242. The summed E-state index contributed by atoms with van der Waals surface area (Å²) in [6.07, 6.45) is 8.05. The zero-order chi connectivity index (χ0) is 28.5. The molecule has 2 aromatic carbocycles. The van der Waals surface area contributed by atoms with E-state index < -0.39 is 0 Å². The van der Waals surface area contributed by atoms with E-state index in [1.165, 1.54) is 12.7 Å². The van der Waals surface area contributed by atoms with Gasteiger partial charge >= 0.3 is 5.97 Å². The van der Waals surface area contributed by atoms with Crippen molar-refractivity contribution < 1.29 is 9.53 Å². The molecule has 0 saturated heterocycles. The number of nitrogens with zero attached hydrogens (tertiary/aromatic N) is 4. The van der Waals surface area contributed by atoms with E-state index in [1.54, 1.807) is 35.3 Å². The number of fused-ring (bicyclic) bond motifs is 2. The summed E-state index contributed by atoms with van der Waals surface area (Å²) in [5.41, 5.74) is 8.55. The van der Waals surface area contributed by atoms with Crippen molar-refractivity contribution in [3.63, 3.8) is 0 Å². The molecule has 7 nitrogen and oxygen atoms in total. The number of carbonyl (C=O) groups excluding carboxylic acids is 1. The van der Waals surface area contributed by atoms with Gasteiger partial charge in [0.15, 0.2) is 5.82 Å². The number of aromatic nitrogens is 4. The lowest BCUT2D eigenvalue weighted by Crippen LogP contribution is -2.17. The van der Waals surface area contributed by atoms with Crippen LogP contribution < -0.4 is 5.32 Å². The van der Waals surface area contributed by atoms with Crippen molar-refractivity contribution in [1.29, 1.82) is 0 Å². The number of benzene rings is 2. The van der Waals surface area contributed by atoms with Crippen molar-refractivity contribution in [3.05, 3.63) is 83.6 Å². The summed E-state index contributed by atoms with van der Waals surface area (Å²) in [6, 6.07) is 18.7. The van der Waals surface area contributed by atoms with E-state index in [0.29, 0.717) is 18.3 Å². The second-order valence-corrected chi connectivity index (χ2v) is 12.5. The second-order valence-electron chi connectivity index (χ2n) is 10.7. The minimum Gasteiger partial charge on any atom is -0.469 e. The number of thiophene rings is 2. The molecule has 0 radical (unpaired) electrons. The van der Waals surface area contributed by atoms with Gasteiger partial charge in [-0.1, -0.05) is 42.5 Å². The van der Waals surface area contributed by atoms with E-state index in [9.17, 15) is 4.79 Å². The summed E-state index contributed by atoms with van der Waals surface area (Å²) in [5.74, 6) is 1.58. The Morgan fingerprint density at radius 2 is 1.57 bits per heavy atom. The largest absolute Gasteiger partial charge is 0.469 e. The van der Waals surface area contributed by atoms with Crippen LogP contribution in [0.3, 0.4) is 0 Å². The number of esters is 1. The van der Waals surface area contributed by atoms with Crippen molar-refractivity contribution in [2.75, 3.05) is 12.4 Å². The standard InChI is InChI=1S/C33H29N5O2S2/c1-40-27(39)15-20-7-9-22(10-8-20)26-16-41-31-28(34-18-35-29(26)31)23-11-13-24(14-12-23)38-33-32-30(36-19-37-33)25(17-42-32)21-5-3-2-4-6-21/h2-6,11-14,16-20,22H,7-10,15H2,1H3,(H,36,37,38). The molecule has 4 heterocycles. The number of methoxy groups -OCH3 is 1. The first kappa shape index (κ1) is 26.7. The molecule has 0 bridgehead atoms. The van der Waals surface area contributed by atoms with Crippen LogP contribution in [0.4, 0.5) is 11.5 Å². The molecule has 0 spiro atoms. The number of rotatable bonds is 7. The van der Waals surface area contributed by atoms with E-state index in [-0.39, 0.29) is 5.97 Å². The molecule has 9 heteroatoms. The maximum Gasteiger partial charge on any atom is 0.305 e. The second kappa shape index (κ2) is 11.6. The van der Waals surface area contributed by atoms with Gasteiger partial charge in [0.25, 0.3) is 0 Å². The maximum absolute atomic E-state index is 11.7. The molecule has 1 fully saturated rings. The summed E-state index contributed by atoms with van der Waals surface area (Å²) < 4.78 is 7.02. The third-order valence-electron chi connectivity index (χ3n) is 8.21. The average Bonchev–Trinajstić information content (AvgIpc) is 3.68. The minimum atomic E-state index is -0.105. The van der Waals surface area contributed by atoms with Crippen LogP contribution in [-0.4, -0.2) is 33.0 Å². The highest BCUT2D eigenvalue weighted by molar-refractivity contribution is 7.18. The molecule has 1 saturated carbocycles. The Bertz CT molecular complexity index is 1860. The molecule has 6 aromatic rings. The fourth-order valence-corrected chi connectivity index (χ4v) is 8.06. The monoisotopic (exact) mass is 591 g/mol. The van der Waals surface area contributed by atoms with Gasteiger partial charge in [0, 0.05) is 28.6 Å². The lowest BCUT2D eigenvalue weighted by Gasteiger charge is -2.27. The van der Waals surface area contributed by atoms with E-state index >= 15 is 0 Å².